The standard InChI is InChI=1S/C4H7NO2/c5-3-1-2-4(6)7/h1-2H,3,5H2,(H,6,7)/b2-1-. The van der Waals surface area contributed by atoms with E-state index in [2.05, 4.69) is 0 Å². The maximum atomic E-state index is 9.62. The maximum absolute atomic E-state index is 9.62. The van der Waals surface area contributed by atoms with Gasteiger partial charge in [0.2, 0.25) is 0 Å². The van der Waals surface area contributed by atoms with Crippen LogP contribution in [0.15, 0.2) is 12.2 Å². The van der Waals surface area contributed by atoms with Crippen molar-refractivity contribution in [3.05, 3.63) is 12.2 Å². The number of carboxylic acids is 1. The van der Waals surface area contributed by atoms with Crippen LogP contribution in [0, 0.1) is 0 Å². The topological polar surface area (TPSA) is 63.3 Å². The van der Waals surface area contributed by atoms with Gasteiger partial charge < -0.3 is 10.8 Å². The summed E-state index contributed by atoms with van der Waals surface area (Å²) in [4.78, 5) is 9.62. The molecule has 0 aromatic carbocycles. The summed E-state index contributed by atoms with van der Waals surface area (Å²) >= 11 is 0. The fourth-order valence-electron chi connectivity index (χ4n) is 0.169. The molecule has 3 nitrogen and oxygen atoms in total. The highest BCUT2D eigenvalue weighted by Gasteiger charge is 1.79. The average Bonchev–Trinajstić information content (AvgIpc) is 1.61. The molecule has 0 fully saturated rings. The number of hydrogen-bond acceptors (Lipinski definition) is 2. The lowest BCUT2D eigenvalue weighted by Crippen LogP contribution is -1.95. The fourth-order valence-corrected chi connectivity index (χ4v) is 0.169. The number of hydrogen-bond donors (Lipinski definition) is 2. The van der Waals surface area contributed by atoms with Gasteiger partial charge in [-0.15, -0.1) is 0 Å². The highest BCUT2D eigenvalue weighted by atomic mass is 16.4. The van der Waals surface area contributed by atoms with Crippen LogP contribution in [-0.2, 0) is 4.79 Å². The predicted molar refractivity (Wildman–Crippen MR) is 25.8 cm³/mol. The van der Waals surface area contributed by atoms with E-state index in [9.17, 15) is 4.79 Å². The molecule has 0 aromatic heterocycles. The number of aliphatic carboxylic acids is 1. The first-order valence-electron chi connectivity index (χ1n) is 1.87. The Kier molecular flexibility index (Phi) is 2.96. The minimum Gasteiger partial charge on any atom is -0.478 e. The molecule has 0 unspecified atom stereocenters. The number of nitrogens with two attached hydrogens (primary N) is 1. The van der Waals surface area contributed by atoms with Gasteiger partial charge in [-0.2, -0.15) is 0 Å². The van der Waals surface area contributed by atoms with Crippen molar-refractivity contribution in [2.75, 3.05) is 6.54 Å². The van der Waals surface area contributed by atoms with Crippen LogP contribution in [0.5, 0.6) is 0 Å². The van der Waals surface area contributed by atoms with Gasteiger partial charge in [0, 0.05) is 12.6 Å². The Labute approximate surface area is 41.4 Å². The molecule has 0 spiro atoms. The molecule has 0 aliphatic carbocycles. The molecular weight excluding hydrogens is 94.0 g/mol. The maximum Gasteiger partial charge on any atom is 0.328 e. The number of carboxylic acid groups (broad SMARTS) is 1. The van der Waals surface area contributed by atoms with Crippen molar-refractivity contribution in [2.45, 2.75) is 0 Å². The summed E-state index contributed by atoms with van der Waals surface area (Å²) < 4.78 is 0. The van der Waals surface area contributed by atoms with Crippen LogP contribution in [0.4, 0.5) is 0 Å². The van der Waals surface area contributed by atoms with Crippen molar-refractivity contribution in [1.82, 2.24) is 0 Å². The zero-order valence-electron chi connectivity index (χ0n) is 3.79. The lowest BCUT2D eigenvalue weighted by Gasteiger charge is -1.74. The minimum absolute atomic E-state index is 0.284. The van der Waals surface area contributed by atoms with Gasteiger partial charge in [0.25, 0.3) is 0 Å². The SMILES string of the molecule is NC/C=C\C(=O)O. The molecule has 0 amide bonds. The molecule has 0 atom stereocenters. The second-order valence-corrected chi connectivity index (χ2v) is 0.976. The number of carbonyl (C=O) groups is 1. The molecule has 7 heavy (non-hydrogen) atoms. The van der Waals surface area contributed by atoms with Crippen LogP contribution in [0.2, 0.25) is 0 Å². The third kappa shape index (κ3) is 5.17. The van der Waals surface area contributed by atoms with E-state index in [1.54, 1.807) is 0 Å². The molecule has 40 valence electrons. The fraction of sp³-hybridized carbons (Fsp3) is 0.250. The summed E-state index contributed by atoms with van der Waals surface area (Å²) in [5.74, 6) is -0.953. The Morgan fingerprint density at radius 1 is 1.86 bits per heavy atom. The summed E-state index contributed by atoms with van der Waals surface area (Å²) in [7, 11) is 0. The first-order valence-corrected chi connectivity index (χ1v) is 1.87. The van der Waals surface area contributed by atoms with Gasteiger partial charge in [0.15, 0.2) is 0 Å². The Hall–Kier alpha value is -0.830. The normalized spacial score (nSPS) is 9.86. The smallest absolute Gasteiger partial charge is 0.328 e. The van der Waals surface area contributed by atoms with Crippen molar-refractivity contribution in [1.29, 1.82) is 0 Å². The van der Waals surface area contributed by atoms with Crippen molar-refractivity contribution in [2.24, 2.45) is 5.73 Å². The predicted octanol–water partition coefficient (Wildman–Crippen LogP) is -0.414. The van der Waals surface area contributed by atoms with Crippen molar-refractivity contribution >= 4 is 5.97 Å². The van der Waals surface area contributed by atoms with E-state index in [0.717, 1.165) is 6.08 Å². The van der Waals surface area contributed by atoms with Gasteiger partial charge in [-0.25, -0.2) is 4.79 Å². The summed E-state index contributed by atoms with van der Waals surface area (Å²) in [5.41, 5.74) is 4.93. The molecule has 0 aromatic rings. The lowest BCUT2D eigenvalue weighted by atomic mass is 10.5. The van der Waals surface area contributed by atoms with Gasteiger partial charge in [-0.05, 0) is 0 Å². The zero-order valence-corrected chi connectivity index (χ0v) is 3.79. The zero-order chi connectivity index (χ0) is 5.70. The van der Waals surface area contributed by atoms with Crippen LogP contribution in [0.1, 0.15) is 0 Å². The monoisotopic (exact) mass is 101 g/mol. The molecular formula is C4H7NO2. The lowest BCUT2D eigenvalue weighted by molar-refractivity contribution is -0.131. The van der Waals surface area contributed by atoms with Crippen LogP contribution < -0.4 is 5.73 Å². The molecule has 0 rings (SSSR count). The van der Waals surface area contributed by atoms with Crippen LogP contribution >= 0.6 is 0 Å². The van der Waals surface area contributed by atoms with Crippen LogP contribution in [0.3, 0.4) is 0 Å². The molecule has 0 bridgehead atoms. The Morgan fingerprint density at radius 3 is 2.57 bits per heavy atom. The molecule has 0 saturated carbocycles. The minimum atomic E-state index is -0.953. The number of rotatable bonds is 2. The third-order valence-electron chi connectivity index (χ3n) is 0.397. The largest absolute Gasteiger partial charge is 0.478 e. The van der Waals surface area contributed by atoms with Crippen LogP contribution in [-0.4, -0.2) is 17.6 Å². The first kappa shape index (κ1) is 6.17. The summed E-state index contributed by atoms with van der Waals surface area (Å²) in [6.07, 6.45) is 2.39. The van der Waals surface area contributed by atoms with E-state index < -0.39 is 5.97 Å². The van der Waals surface area contributed by atoms with E-state index in [4.69, 9.17) is 10.8 Å². The Balaban J connectivity index is 3.26. The average molecular weight is 101 g/mol. The summed E-state index contributed by atoms with van der Waals surface area (Å²) in [5, 5.41) is 7.90. The Morgan fingerprint density at radius 2 is 2.43 bits per heavy atom. The van der Waals surface area contributed by atoms with E-state index in [1.807, 2.05) is 0 Å². The van der Waals surface area contributed by atoms with E-state index in [1.165, 1.54) is 6.08 Å². The molecule has 3 heteroatoms. The molecule has 0 heterocycles. The van der Waals surface area contributed by atoms with Crippen molar-refractivity contribution < 1.29 is 9.90 Å². The second-order valence-electron chi connectivity index (χ2n) is 0.976. The van der Waals surface area contributed by atoms with Gasteiger partial charge in [0.05, 0.1) is 0 Å². The molecule has 0 saturated heterocycles. The van der Waals surface area contributed by atoms with Crippen LogP contribution in [0.25, 0.3) is 0 Å². The highest BCUT2D eigenvalue weighted by molar-refractivity contribution is 5.79. The van der Waals surface area contributed by atoms with Gasteiger partial charge >= 0.3 is 5.97 Å². The highest BCUT2D eigenvalue weighted by Crippen LogP contribution is 1.65. The molecule has 0 aliphatic heterocycles. The van der Waals surface area contributed by atoms with Gasteiger partial charge in [0.1, 0.15) is 0 Å². The van der Waals surface area contributed by atoms with Crippen molar-refractivity contribution in [3.63, 3.8) is 0 Å². The van der Waals surface area contributed by atoms with E-state index >= 15 is 0 Å². The summed E-state index contributed by atoms with van der Waals surface area (Å²) in [6.45, 7) is 0.284. The molecule has 0 radical (unpaired) electrons. The molecule has 0 aliphatic rings. The van der Waals surface area contributed by atoms with E-state index in [0.29, 0.717) is 0 Å². The van der Waals surface area contributed by atoms with Gasteiger partial charge in [-0.3, -0.25) is 0 Å². The first-order chi connectivity index (χ1) is 3.27. The Bertz CT molecular complexity index is 87.7. The second kappa shape index (κ2) is 3.36. The van der Waals surface area contributed by atoms with Crippen molar-refractivity contribution in [3.8, 4) is 0 Å². The quantitative estimate of drug-likeness (QED) is 0.464. The molecule has 3 N–H and O–H groups in total. The van der Waals surface area contributed by atoms with E-state index in [-0.39, 0.29) is 6.54 Å². The van der Waals surface area contributed by atoms with Gasteiger partial charge in [-0.1, -0.05) is 6.08 Å². The third-order valence-corrected chi connectivity index (χ3v) is 0.397. The summed E-state index contributed by atoms with van der Waals surface area (Å²) in [6, 6.07) is 0.